The van der Waals surface area contributed by atoms with Gasteiger partial charge in [-0.1, -0.05) is 0 Å². The first-order chi connectivity index (χ1) is 14.7. The predicted molar refractivity (Wildman–Crippen MR) is 132 cm³/mol. The molecule has 1 aromatic heterocycles. The molecule has 0 amide bonds. The van der Waals surface area contributed by atoms with Gasteiger partial charge in [0, 0.05) is 0 Å². The third-order valence-corrected chi connectivity index (χ3v) is 22.2. The van der Waals surface area contributed by atoms with Gasteiger partial charge in [0.2, 0.25) is 0 Å². The third-order valence-electron chi connectivity index (χ3n) is 6.57. The van der Waals surface area contributed by atoms with E-state index in [1.165, 1.54) is 56.8 Å². The van der Waals surface area contributed by atoms with Crippen LogP contribution in [0.15, 0.2) is 73.1 Å². The first kappa shape index (κ1) is 23.1. The summed E-state index contributed by atoms with van der Waals surface area (Å²) in [6, 6.07) is 22.5. The third kappa shape index (κ3) is 5.78. The topological polar surface area (TPSA) is 8.81 Å². The second-order valence-corrected chi connectivity index (χ2v) is 22.0. The van der Waals surface area contributed by atoms with Crippen LogP contribution in [0.1, 0.15) is 46.0 Å². The molecule has 0 fully saturated rings. The van der Waals surface area contributed by atoms with Crippen LogP contribution in [0.2, 0.25) is 13.3 Å². The van der Waals surface area contributed by atoms with Crippen molar-refractivity contribution in [1.29, 1.82) is 0 Å². The second kappa shape index (κ2) is 11.7. The summed E-state index contributed by atoms with van der Waals surface area (Å²) in [5.41, 5.74) is 1.31. The molecule has 0 bridgehead atoms. The van der Waals surface area contributed by atoms with E-state index < -0.39 is 18.4 Å². The molecule has 0 radical (unpaired) electrons. The fourth-order valence-electron chi connectivity index (χ4n) is 4.88. The Morgan fingerprint density at radius 2 is 1.33 bits per heavy atom. The summed E-state index contributed by atoms with van der Waals surface area (Å²) < 4.78 is 11.0. The number of unbranched alkanes of at least 4 members (excludes halogenated alkanes) is 2. The van der Waals surface area contributed by atoms with Gasteiger partial charge in [-0.15, -0.1) is 0 Å². The van der Waals surface area contributed by atoms with Gasteiger partial charge in [-0.05, 0) is 0 Å². The van der Waals surface area contributed by atoms with Gasteiger partial charge in [-0.3, -0.25) is 0 Å². The summed E-state index contributed by atoms with van der Waals surface area (Å²) in [6.07, 6.45) is 11.2. The van der Waals surface area contributed by atoms with Gasteiger partial charge >= 0.3 is 188 Å². The Hall–Kier alpha value is -1.55. The van der Waals surface area contributed by atoms with Crippen LogP contribution in [0.4, 0.5) is 0 Å². The van der Waals surface area contributed by atoms with Gasteiger partial charge in [0.05, 0.1) is 0 Å². The van der Waals surface area contributed by atoms with Crippen LogP contribution in [0.5, 0.6) is 0 Å². The van der Waals surface area contributed by atoms with Gasteiger partial charge in [0.25, 0.3) is 0 Å². The molecular weight excluding hydrogens is 471 g/mol. The van der Waals surface area contributed by atoms with Crippen molar-refractivity contribution in [3.05, 3.63) is 73.1 Å². The zero-order chi connectivity index (χ0) is 21.2. The summed E-state index contributed by atoms with van der Waals surface area (Å²) in [4.78, 5) is 0. The molecule has 160 valence electrons. The summed E-state index contributed by atoms with van der Waals surface area (Å²) in [5.74, 6) is 1.32. The normalized spacial score (nSPS) is 11.7. The van der Waals surface area contributed by atoms with E-state index in [0.29, 0.717) is 0 Å². The molecule has 0 N–H and O–H groups in total. The Kier molecular flexibility index (Phi) is 9.04. The molecule has 3 aromatic rings. The van der Waals surface area contributed by atoms with E-state index in [0.717, 1.165) is 6.54 Å². The number of nitrogens with zero attached hydrogens (tertiary/aromatic N) is 2. The quantitative estimate of drug-likeness (QED) is 0.199. The Morgan fingerprint density at radius 3 is 1.93 bits per heavy atom. The number of aromatic nitrogens is 2. The molecule has 0 saturated carbocycles. The molecule has 3 heteroatoms. The molecule has 30 heavy (non-hydrogen) atoms. The Bertz CT molecular complexity index is 862. The summed E-state index contributed by atoms with van der Waals surface area (Å²) in [7, 11) is 2.16. The Labute approximate surface area is 187 Å². The molecule has 0 spiro atoms. The van der Waals surface area contributed by atoms with Crippen molar-refractivity contribution in [3.63, 3.8) is 0 Å². The maximum atomic E-state index is 2.47. The molecule has 1 heterocycles. The molecule has 2 aromatic carbocycles. The first-order valence-corrected chi connectivity index (χ1v) is 19.3. The molecule has 0 unspecified atom stereocenters. The molecule has 0 saturated heterocycles. The van der Waals surface area contributed by atoms with Crippen LogP contribution in [0.3, 0.4) is 0 Å². The Morgan fingerprint density at radius 1 is 0.767 bits per heavy atom. The van der Waals surface area contributed by atoms with Crippen molar-refractivity contribution in [1.82, 2.24) is 4.57 Å². The summed E-state index contributed by atoms with van der Waals surface area (Å²) in [5, 5.41) is 0. The van der Waals surface area contributed by atoms with Crippen LogP contribution in [0.25, 0.3) is 11.4 Å². The molecule has 0 aliphatic rings. The fraction of sp³-hybridized carbons (Fsp3) is 0.444. The number of hydrogen-bond donors (Lipinski definition) is 0. The predicted octanol–water partition coefficient (Wildman–Crippen LogP) is 6.33. The van der Waals surface area contributed by atoms with Gasteiger partial charge < -0.3 is 0 Å². The average Bonchev–Trinajstić information content (AvgIpc) is 3.16. The number of hydrogen-bond acceptors (Lipinski definition) is 0. The van der Waals surface area contributed by atoms with E-state index in [9.17, 15) is 0 Å². The van der Waals surface area contributed by atoms with Crippen LogP contribution < -0.4 is 8.15 Å². The minimum absolute atomic E-state index is 1.12. The zero-order valence-corrected chi connectivity index (χ0v) is 22.0. The van der Waals surface area contributed by atoms with E-state index in [2.05, 4.69) is 103 Å². The number of aryl methyl sites for hydroxylation is 2. The van der Waals surface area contributed by atoms with Crippen molar-refractivity contribution in [2.24, 2.45) is 7.05 Å². The van der Waals surface area contributed by atoms with Crippen LogP contribution in [-0.4, -0.2) is 22.9 Å². The van der Waals surface area contributed by atoms with E-state index in [-0.39, 0.29) is 0 Å². The second-order valence-electron chi connectivity index (χ2n) is 8.75. The van der Waals surface area contributed by atoms with E-state index in [4.69, 9.17) is 0 Å². The van der Waals surface area contributed by atoms with E-state index in [1.807, 2.05) is 0 Å². The van der Waals surface area contributed by atoms with Crippen molar-refractivity contribution < 1.29 is 4.57 Å². The van der Waals surface area contributed by atoms with Crippen LogP contribution >= 0.6 is 0 Å². The molecule has 0 aliphatic heterocycles. The van der Waals surface area contributed by atoms with Crippen molar-refractivity contribution in [3.8, 4) is 11.4 Å². The fourth-order valence-corrected chi connectivity index (χ4v) is 20.3. The van der Waals surface area contributed by atoms with Crippen molar-refractivity contribution in [2.45, 2.75) is 65.8 Å². The first-order valence-electron chi connectivity index (χ1n) is 11.9. The number of benzene rings is 2. The summed E-state index contributed by atoms with van der Waals surface area (Å²) in [6.45, 7) is 5.83. The average molecular weight is 510 g/mol. The van der Waals surface area contributed by atoms with Crippen LogP contribution in [-0.2, 0) is 13.6 Å². The monoisotopic (exact) mass is 511 g/mol. The van der Waals surface area contributed by atoms with Gasteiger partial charge in [-0.2, -0.15) is 0 Å². The zero-order valence-electron chi connectivity index (χ0n) is 19.2. The molecular formula is C27H39N2Sn+. The van der Waals surface area contributed by atoms with Gasteiger partial charge in [-0.25, -0.2) is 0 Å². The van der Waals surface area contributed by atoms with Gasteiger partial charge in [0.15, 0.2) is 0 Å². The van der Waals surface area contributed by atoms with Crippen molar-refractivity contribution >= 4 is 22.0 Å². The number of imidazole rings is 1. The molecule has 0 aliphatic carbocycles. The van der Waals surface area contributed by atoms with E-state index in [1.54, 1.807) is 3.58 Å². The molecule has 2 nitrogen and oxygen atoms in total. The maximum absolute atomic E-state index is 2.47. The Balaban J connectivity index is 1.80. The number of rotatable bonds is 12. The SMILES string of the molecule is CCC[CH2][Sn]([CH2]CCC)([CH2]CCn1cc[n+](C)c1-c1ccccc1)[c]1ccccc1. The van der Waals surface area contributed by atoms with Gasteiger partial charge in [0.1, 0.15) is 0 Å². The molecule has 3 rings (SSSR count). The van der Waals surface area contributed by atoms with Crippen molar-refractivity contribution in [2.75, 3.05) is 0 Å². The summed E-state index contributed by atoms with van der Waals surface area (Å²) >= 11 is -2.40. The van der Waals surface area contributed by atoms with Crippen LogP contribution in [0, 0.1) is 0 Å². The molecule has 0 atom stereocenters. The minimum atomic E-state index is -2.40. The van der Waals surface area contributed by atoms with E-state index >= 15 is 0 Å². The standard InChI is InChI=1S/C13H16N2.C6H5.2C4H9.Sn/c1-3-9-15-11-10-14(2)13(15)12-7-5-4-6-8-12;1-2-4-6-5-3-1;2*1-3-4-2;/h4-8,10-11H,1,3,9H2,2H3;1-5H;2*1,3-4H2,2H3;/q+1;;;;.